The van der Waals surface area contributed by atoms with Gasteiger partial charge < -0.3 is 0 Å². The van der Waals surface area contributed by atoms with Crippen LogP contribution in [-0.2, 0) is 4.57 Å². The molecule has 0 aliphatic heterocycles. The van der Waals surface area contributed by atoms with Crippen LogP contribution in [0.3, 0.4) is 0 Å². The van der Waals surface area contributed by atoms with Crippen LogP contribution in [0.4, 0.5) is 0 Å². The maximum Gasteiger partial charge on any atom is 0.239 e. The van der Waals surface area contributed by atoms with E-state index in [1.807, 2.05) is 0 Å². The molecule has 0 unspecified atom stereocenters. The maximum absolute atomic E-state index is 17.6. The second-order valence-electron chi connectivity index (χ2n) is 15.1. The smallest absolute Gasteiger partial charge is 0.239 e. The molecule has 0 atom stereocenters. The summed E-state index contributed by atoms with van der Waals surface area (Å²) in [5, 5.41) is 0. The van der Waals surface area contributed by atoms with Crippen LogP contribution in [0.2, 0.25) is 19.6 Å². The highest BCUT2D eigenvalue weighted by atomic mass is 31.2. The summed E-state index contributed by atoms with van der Waals surface area (Å²) >= 11 is 0. The first-order chi connectivity index (χ1) is 19.2. The van der Waals surface area contributed by atoms with Gasteiger partial charge in [-0.25, -0.2) is 9.34 Å². The Morgan fingerprint density at radius 3 is 0.975 bits per heavy atom. The van der Waals surface area contributed by atoms with Crippen molar-refractivity contribution in [2.75, 3.05) is 18.5 Å². The van der Waals surface area contributed by atoms with E-state index in [9.17, 15) is 0 Å². The summed E-state index contributed by atoms with van der Waals surface area (Å²) in [5.41, 5.74) is 0. The molecule has 0 bridgehead atoms. The van der Waals surface area contributed by atoms with Crippen molar-refractivity contribution in [3.8, 4) is 0 Å². The zero-order valence-corrected chi connectivity index (χ0v) is 30.6. The van der Waals surface area contributed by atoms with Crippen LogP contribution in [0, 0.1) is 0 Å². The highest BCUT2D eigenvalue weighted by molar-refractivity contribution is 8.03. The summed E-state index contributed by atoms with van der Waals surface area (Å²) in [6.45, 7) is 13.8. The van der Waals surface area contributed by atoms with Gasteiger partial charge in [0.1, 0.15) is 0 Å². The maximum atomic E-state index is 17.6. The van der Waals surface area contributed by atoms with Gasteiger partial charge in [-0.05, 0) is 69.9 Å². The molecule has 0 aromatic rings. The molecule has 6 heteroatoms. The predicted octanol–water partition coefficient (Wildman–Crippen LogP) is 11.2. The minimum Gasteiger partial charge on any atom is -0.284 e. The van der Waals surface area contributed by atoms with Crippen LogP contribution < -0.4 is 0 Å². The van der Waals surface area contributed by atoms with Gasteiger partial charge in [-0.3, -0.25) is 4.57 Å². The minimum absolute atomic E-state index is 0.538. The van der Waals surface area contributed by atoms with E-state index in [0.717, 1.165) is 0 Å². The molecule has 0 radical (unpaired) electrons. The first-order valence-corrected chi connectivity index (χ1v) is 25.6. The Bertz CT molecular complexity index is 776. The van der Waals surface area contributed by atoms with E-state index in [2.05, 4.69) is 49.8 Å². The van der Waals surface area contributed by atoms with E-state index in [1.54, 1.807) is 4.66 Å². The van der Waals surface area contributed by atoms with Crippen molar-refractivity contribution in [3.63, 3.8) is 0 Å². The lowest BCUT2D eigenvalue weighted by molar-refractivity contribution is 0.121. The molecule has 0 N–H and O–H groups in total. The molecule has 0 aromatic carbocycles. The monoisotopic (exact) mass is 610 g/mol. The fourth-order valence-electron chi connectivity index (χ4n) is 9.75. The highest BCUT2D eigenvalue weighted by Crippen LogP contribution is 2.70. The molecular weight excluding hydrogens is 542 g/mol. The van der Waals surface area contributed by atoms with Crippen LogP contribution in [0.5, 0.6) is 0 Å². The Morgan fingerprint density at radius 2 is 0.775 bits per heavy atom. The van der Waals surface area contributed by atoms with Crippen LogP contribution >= 0.6 is 14.3 Å². The molecule has 0 spiro atoms. The Labute approximate surface area is 251 Å². The molecule has 4 fully saturated rings. The molecule has 0 heterocycles. The number of nitrogens with zero attached hydrogens (tertiary/aromatic N) is 2. The van der Waals surface area contributed by atoms with Crippen LogP contribution in [0.15, 0.2) is 0 Å². The van der Waals surface area contributed by atoms with Gasteiger partial charge in [0.15, 0.2) is 0 Å². The quantitative estimate of drug-likeness (QED) is 0.172. The number of rotatable bonds is 11. The summed E-state index contributed by atoms with van der Waals surface area (Å²) in [7, 11) is -4.80. The fraction of sp³-hybridized carbons (Fsp3) is 0.971. The molecular formula is C34H68N2OP2Si. The molecule has 4 aliphatic rings. The first kappa shape index (κ1) is 33.6. The fourth-order valence-corrected chi connectivity index (χ4v) is 30.8. The van der Waals surface area contributed by atoms with Crippen molar-refractivity contribution < 1.29 is 4.57 Å². The molecule has 4 rings (SSSR count). The summed E-state index contributed by atoms with van der Waals surface area (Å²) in [6.07, 6.45) is 30.4. The molecule has 4 aliphatic carbocycles. The van der Waals surface area contributed by atoms with Gasteiger partial charge in [0.05, 0.1) is 8.07 Å². The topological polar surface area (TPSA) is 23.6 Å². The lowest BCUT2D eigenvalue weighted by Crippen LogP contribution is -2.56. The SMILES string of the molecule is CCP(CC)(CC)=C([Si](C)(C)C)P(=O)(N(C1CCCCC1)C1CCCCC1)N(C1CCCCC1)C1CCCCC1. The molecule has 0 aromatic heterocycles. The zero-order valence-electron chi connectivity index (χ0n) is 27.8. The van der Waals surface area contributed by atoms with Crippen molar-refractivity contribution in [3.05, 3.63) is 0 Å². The predicted molar refractivity (Wildman–Crippen MR) is 186 cm³/mol. The average Bonchev–Trinajstić information content (AvgIpc) is 2.97. The van der Waals surface area contributed by atoms with E-state index < -0.39 is 22.4 Å². The van der Waals surface area contributed by atoms with Gasteiger partial charge in [0.2, 0.25) is 7.44 Å². The van der Waals surface area contributed by atoms with E-state index in [0.29, 0.717) is 24.2 Å². The number of hydrogen-bond donors (Lipinski definition) is 0. The molecule has 0 amide bonds. The standard InChI is InChI=1S/C34H68N2OP2Si/c1-7-38(8-2,9-3)34(40(4,5)6)39(37,35(30-22-14-10-15-23-30)31-24-16-11-17-25-31)36(32-26-18-12-19-27-32)33-28-20-13-21-29-33/h30-33H,7-29H2,1-6H3. The van der Waals surface area contributed by atoms with Gasteiger partial charge >= 0.3 is 0 Å². The Hall–Kier alpha value is 0.667. The van der Waals surface area contributed by atoms with Gasteiger partial charge in [-0.1, -0.05) is 117 Å². The molecule has 40 heavy (non-hydrogen) atoms. The van der Waals surface area contributed by atoms with Gasteiger partial charge in [-0.2, -0.15) is 0 Å². The second kappa shape index (κ2) is 15.1. The van der Waals surface area contributed by atoms with Crippen LogP contribution in [-0.4, -0.2) is 64.7 Å². The Morgan fingerprint density at radius 1 is 0.525 bits per heavy atom. The molecule has 3 nitrogen and oxygen atoms in total. The second-order valence-corrected chi connectivity index (χ2v) is 28.4. The van der Waals surface area contributed by atoms with Crippen molar-refractivity contribution in [1.29, 1.82) is 0 Å². The molecule has 234 valence electrons. The summed E-state index contributed by atoms with van der Waals surface area (Å²) < 4.78 is 25.2. The van der Waals surface area contributed by atoms with E-state index >= 15 is 4.57 Å². The normalized spacial score (nSPS) is 24.2. The zero-order chi connectivity index (χ0) is 28.8. The summed E-state index contributed by atoms with van der Waals surface area (Å²) in [5.74, 6) is 0. The van der Waals surface area contributed by atoms with Crippen LogP contribution in [0.25, 0.3) is 0 Å². The third-order valence-corrected chi connectivity index (χ3v) is 29.0. The first-order valence-electron chi connectivity index (χ1n) is 18.1. The summed E-state index contributed by atoms with van der Waals surface area (Å²) in [6, 6.07) is 2.15. The Kier molecular flexibility index (Phi) is 12.7. The van der Waals surface area contributed by atoms with Crippen molar-refractivity contribution >= 4 is 27.1 Å². The van der Waals surface area contributed by atoms with Gasteiger partial charge in [-0.15, -0.1) is 6.89 Å². The van der Waals surface area contributed by atoms with Crippen molar-refractivity contribution in [2.45, 2.75) is 193 Å². The Balaban J connectivity index is 2.05. The van der Waals surface area contributed by atoms with Gasteiger partial charge in [0.25, 0.3) is 0 Å². The van der Waals surface area contributed by atoms with Gasteiger partial charge in [0, 0.05) is 28.8 Å². The van der Waals surface area contributed by atoms with Crippen molar-refractivity contribution in [2.24, 2.45) is 0 Å². The third kappa shape index (κ3) is 7.14. The lowest BCUT2D eigenvalue weighted by Gasteiger charge is -2.57. The summed E-state index contributed by atoms with van der Waals surface area (Å²) in [4.78, 5) is 0. The molecule has 0 saturated heterocycles. The highest BCUT2D eigenvalue weighted by Gasteiger charge is 2.55. The third-order valence-electron chi connectivity index (χ3n) is 11.6. The largest absolute Gasteiger partial charge is 0.284 e. The molecule has 4 saturated carbocycles. The van der Waals surface area contributed by atoms with Crippen LogP contribution in [0.1, 0.15) is 149 Å². The van der Waals surface area contributed by atoms with E-state index in [4.69, 9.17) is 0 Å². The minimum atomic E-state index is -2.92. The van der Waals surface area contributed by atoms with Crippen molar-refractivity contribution in [1.82, 2.24) is 9.34 Å². The van der Waals surface area contributed by atoms with E-state index in [1.165, 1.54) is 147 Å². The average molecular weight is 611 g/mol. The lowest BCUT2D eigenvalue weighted by atomic mass is 9.90. The van der Waals surface area contributed by atoms with E-state index in [-0.39, 0.29) is 0 Å². The number of hydrogen-bond acceptors (Lipinski definition) is 1.